The van der Waals surface area contributed by atoms with Crippen LogP contribution < -0.4 is 49.5 Å². The van der Waals surface area contributed by atoms with Crippen molar-refractivity contribution in [2.45, 2.75) is 141 Å². The minimum absolute atomic E-state index is 0.0333. The molecule has 0 aliphatic rings. The number of carbonyl (C=O) groups is 8. The molecule has 0 saturated carbocycles. The number of carboxylic acids is 1. The molecule has 0 aliphatic heterocycles. The van der Waals surface area contributed by atoms with Gasteiger partial charge in [-0.05, 0) is 94.0 Å². The molecule has 7 amide bonds. The molecule has 71 heavy (non-hydrogen) atoms. The summed E-state index contributed by atoms with van der Waals surface area (Å²) in [7, 11) is 2.83. The highest BCUT2D eigenvalue weighted by Crippen LogP contribution is 2.17. The van der Waals surface area contributed by atoms with Gasteiger partial charge in [-0.25, -0.2) is 0 Å². The third-order valence-electron chi connectivity index (χ3n) is 11.8. The molecule has 22 nitrogen and oxygen atoms in total. The number of aliphatic imine (C=N–C) groups is 1. The largest absolute Gasteiger partial charge is 0.508 e. The summed E-state index contributed by atoms with van der Waals surface area (Å²) in [6.07, 6.45) is 3.06. The molecule has 22 heteroatoms. The van der Waals surface area contributed by atoms with Gasteiger partial charge in [-0.15, -0.1) is 0 Å². The van der Waals surface area contributed by atoms with E-state index >= 15 is 0 Å². The molecule has 7 atom stereocenters. The van der Waals surface area contributed by atoms with Gasteiger partial charge in [0.2, 0.25) is 41.4 Å². The lowest BCUT2D eigenvalue weighted by Crippen LogP contribution is -2.60. The van der Waals surface area contributed by atoms with Crippen molar-refractivity contribution >= 4 is 53.3 Å². The van der Waals surface area contributed by atoms with Crippen LogP contribution in [0.5, 0.6) is 5.75 Å². The van der Waals surface area contributed by atoms with E-state index in [9.17, 15) is 43.5 Å². The molecular weight excluding hydrogens is 917 g/mol. The zero-order valence-electron chi connectivity index (χ0n) is 42.0. The zero-order valence-corrected chi connectivity index (χ0v) is 42.0. The van der Waals surface area contributed by atoms with Crippen LogP contribution >= 0.6 is 0 Å². The fraction of sp³-hybridized carbons (Fsp3) is 0.571. The number of hydrogen-bond donors (Lipinski definition) is 11. The summed E-state index contributed by atoms with van der Waals surface area (Å²) in [5.74, 6) is -6.14. The Kier molecular flexibility index (Phi) is 26.7. The summed E-state index contributed by atoms with van der Waals surface area (Å²) in [6, 6.07) is 7.28. The Hall–Kier alpha value is -6.81. The molecule has 0 unspecified atom stereocenters. The van der Waals surface area contributed by atoms with Gasteiger partial charge in [-0.2, -0.15) is 0 Å². The van der Waals surface area contributed by atoms with E-state index in [1.807, 2.05) is 39.0 Å². The second-order valence-corrected chi connectivity index (χ2v) is 18.1. The smallest absolute Gasteiger partial charge is 0.322 e. The number of nitrogens with one attached hydrogen (secondary N) is 5. The monoisotopic (exact) mass is 995 g/mol. The molecule has 2 aromatic carbocycles. The van der Waals surface area contributed by atoms with Gasteiger partial charge < -0.3 is 69.5 Å². The molecule has 15 N–H and O–H groups in total. The van der Waals surface area contributed by atoms with E-state index in [4.69, 9.17) is 28.0 Å². The van der Waals surface area contributed by atoms with E-state index in [2.05, 4.69) is 31.6 Å². The van der Waals surface area contributed by atoms with Crippen LogP contribution in [0.4, 0.5) is 0 Å². The number of aliphatic carboxylic acids is 1. The molecule has 0 radical (unpaired) electrons. The SMILES string of the molecule is CCCC[C@H](NC(=O)[C@H](CC(C)C)N(C)C(=O)[C@H](Cc1ccccc1)NC(=O)[C@@H](N)Cc1ccc(O)cc1)C(=O)N[C@@H](CCCCN)C(=O)N(C)[C@@H](C)C(=O)N[C@@H](CCCN=C(N)N)C(=O)NCC(=O)O. The highest BCUT2D eigenvalue weighted by atomic mass is 16.4. The van der Waals surface area contributed by atoms with Crippen LogP contribution in [-0.2, 0) is 51.2 Å². The van der Waals surface area contributed by atoms with Gasteiger partial charge >= 0.3 is 5.97 Å². The Morgan fingerprint density at radius 1 is 0.648 bits per heavy atom. The van der Waals surface area contributed by atoms with Crippen LogP contribution in [0.15, 0.2) is 59.6 Å². The third kappa shape index (κ3) is 21.8. The number of guanidine groups is 1. The number of phenols is 1. The van der Waals surface area contributed by atoms with E-state index in [0.29, 0.717) is 37.8 Å². The lowest BCUT2D eigenvalue weighted by Gasteiger charge is -2.34. The maximum absolute atomic E-state index is 14.5. The van der Waals surface area contributed by atoms with E-state index in [1.54, 1.807) is 24.3 Å². The maximum atomic E-state index is 14.5. The molecule has 0 bridgehead atoms. The van der Waals surface area contributed by atoms with E-state index in [1.165, 1.54) is 38.1 Å². The minimum atomic E-state index is -1.30. The summed E-state index contributed by atoms with van der Waals surface area (Å²) in [5, 5.41) is 32.1. The molecule has 0 saturated heterocycles. The van der Waals surface area contributed by atoms with Gasteiger partial charge in [-0.1, -0.05) is 76.1 Å². The number of nitrogens with zero attached hydrogens (tertiary/aromatic N) is 3. The number of hydrogen-bond acceptors (Lipinski definition) is 12. The molecule has 0 aliphatic carbocycles. The Balaban J connectivity index is 2.38. The number of carboxylic acid groups (broad SMARTS) is 1. The lowest BCUT2D eigenvalue weighted by molar-refractivity contribution is -0.144. The number of nitrogens with two attached hydrogens (primary N) is 4. The summed E-state index contributed by atoms with van der Waals surface area (Å²) in [4.78, 5) is 115. The van der Waals surface area contributed by atoms with Gasteiger partial charge in [0.25, 0.3) is 0 Å². The number of aromatic hydroxyl groups is 1. The van der Waals surface area contributed by atoms with E-state index in [-0.39, 0.29) is 69.1 Å². The van der Waals surface area contributed by atoms with Crippen molar-refractivity contribution in [3.63, 3.8) is 0 Å². The van der Waals surface area contributed by atoms with Crippen LogP contribution in [-0.4, -0.2) is 149 Å². The number of benzene rings is 2. The van der Waals surface area contributed by atoms with Crippen molar-refractivity contribution in [3.8, 4) is 5.75 Å². The van der Waals surface area contributed by atoms with Crippen molar-refractivity contribution in [1.82, 2.24) is 36.4 Å². The van der Waals surface area contributed by atoms with Crippen molar-refractivity contribution in [3.05, 3.63) is 65.7 Å². The molecule has 0 aromatic heterocycles. The van der Waals surface area contributed by atoms with Crippen LogP contribution in [0, 0.1) is 5.92 Å². The Bertz CT molecular complexity index is 2070. The van der Waals surface area contributed by atoms with E-state index < -0.39 is 96.2 Å². The Morgan fingerprint density at radius 3 is 1.79 bits per heavy atom. The number of amides is 7. The fourth-order valence-electron chi connectivity index (χ4n) is 7.52. The molecule has 0 heterocycles. The molecule has 2 aromatic rings. The summed E-state index contributed by atoms with van der Waals surface area (Å²) < 4.78 is 0. The first-order valence-corrected chi connectivity index (χ1v) is 24.2. The predicted molar refractivity (Wildman–Crippen MR) is 269 cm³/mol. The van der Waals surface area contributed by atoms with Crippen LogP contribution in [0.2, 0.25) is 0 Å². The van der Waals surface area contributed by atoms with Gasteiger partial charge in [0.15, 0.2) is 5.96 Å². The second-order valence-electron chi connectivity index (χ2n) is 18.1. The Morgan fingerprint density at radius 2 is 1.20 bits per heavy atom. The van der Waals surface area contributed by atoms with Gasteiger partial charge in [0.05, 0.1) is 6.04 Å². The molecule has 0 spiro atoms. The minimum Gasteiger partial charge on any atom is -0.508 e. The van der Waals surface area contributed by atoms with Gasteiger partial charge in [0.1, 0.15) is 48.5 Å². The van der Waals surface area contributed by atoms with Gasteiger partial charge in [0, 0.05) is 27.1 Å². The number of likely N-dealkylation sites (N-methyl/N-ethyl adjacent to an activating group) is 2. The molecular formula is C49H78N12O10. The topological polar surface area (TPSA) is 360 Å². The predicted octanol–water partition coefficient (Wildman–Crippen LogP) is -0.263. The number of phenolic OH excluding ortho intramolecular Hbond substituents is 1. The molecule has 2 rings (SSSR count). The summed E-state index contributed by atoms with van der Waals surface area (Å²) in [5.41, 5.74) is 24.3. The number of rotatable bonds is 32. The normalized spacial score (nSPS) is 14.0. The van der Waals surface area contributed by atoms with Crippen molar-refractivity contribution in [2.75, 3.05) is 33.7 Å². The summed E-state index contributed by atoms with van der Waals surface area (Å²) >= 11 is 0. The third-order valence-corrected chi connectivity index (χ3v) is 11.8. The number of carbonyl (C=O) groups excluding carboxylic acids is 7. The fourth-order valence-corrected chi connectivity index (χ4v) is 7.52. The van der Waals surface area contributed by atoms with Crippen molar-refractivity contribution < 1.29 is 48.6 Å². The second kappa shape index (κ2) is 31.4. The van der Waals surface area contributed by atoms with Crippen molar-refractivity contribution in [1.29, 1.82) is 0 Å². The van der Waals surface area contributed by atoms with Crippen LogP contribution in [0.25, 0.3) is 0 Å². The zero-order chi connectivity index (χ0) is 53.2. The van der Waals surface area contributed by atoms with Crippen molar-refractivity contribution in [2.24, 2.45) is 33.8 Å². The first-order chi connectivity index (χ1) is 33.6. The van der Waals surface area contributed by atoms with Crippen LogP contribution in [0.1, 0.15) is 96.6 Å². The first kappa shape index (κ1) is 60.3. The Labute approximate surface area is 416 Å². The quantitative estimate of drug-likeness (QED) is 0.0256. The molecule has 394 valence electrons. The number of unbranched alkanes of at least 4 members (excludes halogenated alkanes) is 2. The standard InChI is InChI=1S/C49H78N12O10/c1-7-8-17-37(45(68)58-38(18-12-13-24-50)47(70)60(5)31(4)42(65)56-36(19-14-25-54-49(52)53)44(67)55-29-41(63)64)57-46(69)40(26-30(2)3)61(6)48(71)39(28-32-15-10-9-11-16-32)59-43(66)35(51)27-33-20-22-34(62)23-21-33/h9-11,15-16,20-23,30-31,35-40,62H,7-8,12-14,17-19,24-29,50-51H2,1-6H3,(H,55,67)(H,56,65)(H,57,69)(H,58,68)(H,59,66)(H,63,64)(H4,52,53,54)/t31-,35-,36-,37-,38-,39-,40-/m0/s1. The molecule has 0 fully saturated rings. The average Bonchev–Trinajstić information content (AvgIpc) is 3.33. The lowest BCUT2D eigenvalue weighted by atomic mass is 9.98. The average molecular weight is 995 g/mol. The van der Waals surface area contributed by atoms with Crippen LogP contribution in [0.3, 0.4) is 0 Å². The highest BCUT2D eigenvalue weighted by Gasteiger charge is 2.37. The van der Waals surface area contributed by atoms with Gasteiger partial charge in [-0.3, -0.25) is 43.3 Å². The summed E-state index contributed by atoms with van der Waals surface area (Å²) in [6.45, 7) is 6.83. The van der Waals surface area contributed by atoms with E-state index in [0.717, 1.165) is 10.5 Å². The maximum Gasteiger partial charge on any atom is 0.322 e. The highest BCUT2D eigenvalue weighted by molar-refractivity contribution is 5.97. The first-order valence-electron chi connectivity index (χ1n) is 24.2.